The fraction of sp³-hybridized carbons (Fsp3) is 0.462. The lowest BCUT2D eigenvalue weighted by Gasteiger charge is -2.27. The average molecular weight is 234 g/mol. The number of benzene rings is 1. The predicted octanol–water partition coefficient (Wildman–Crippen LogP) is 1.61. The largest absolute Gasteiger partial charge is 0.490 e. The second kappa shape index (κ2) is 5.68. The molecule has 0 aliphatic heterocycles. The predicted molar refractivity (Wildman–Crippen MR) is 65.1 cm³/mol. The molecule has 0 radical (unpaired) electrons. The molecule has 1 saturated carbocycles. The van der Waals surface area contributed by atoms with Crippen molar-refractivity contribution in [3.05, 3.63) is 30.3 Å². The average Bonchev–Trinajstić information content (AvgIpc) is 2.40. The third-order valence-corrected chi connectivity index (χ3v) is 3.23. The summed E-state index contributed by atoms with van der Waals surface area (Å²) in [6.07, 6.45) is 3.74. The third kappa shape index (κ3) is 3.20. The Morgan fingerprint density at radius 3 is 2.41 bits per heavy atom. The highest BCUT2D eigenvalue weighted by Crippen LogP contribution is 2.27. The molecule has 0 saturated heterocycles. The van der Waals surface area contributed by atoms with Gasteiger partial charge in [0.15, 0.2) is 0 Å². The number of nitrogens with one attached hydrogen (secondary N) is 1. The first-order chi connectivity index (χ1) is 8.29. The molecule has 4 nitrogen and oxygen atoms in total. The van der Waals surface area contributed by atoms with Gasteiger partial charge in [0, 0.05) is 5.92 Å². The molecule has 1 aliphatic carbocycles. The molecule has 0 atom stereocenters. The van der Waals surface area contributed by atoms with Gasteiger partial charge in [-0.1, -0.05) is 18.2 Å². The van der Waals surface area contributed by atoms with Gasteiger partial charge < -0.3 is 4.74 Å². The Morgan fingerprint density at radius 1 is 1.18 bits per heavy atom. The van der Waals surface area contributed by atoms with Crippen molar-refractivity contribution in [3.8, 4) is 5.75 Å². The van der Waals surface area contributed by atoms with E-state index in [-0.39, 0.29) is 17.9 Å². The standard InChI is InChI=1S/C13H18N2O2/c14-15-13(16)10-6-8-12(9-7-10)17-11-4-2-1-3-5-11/h1-5,10,12H,6-9,14H2,(H,15,16). The molecule has 17 heavy (non-hydrogen) atoms. The van der Waals surface area contributed by atoms with Crippen LogP contribution in [0.25, 0.3) is 0 Å². The van der Waals surface area contributed by atoms with Gasteiger partial charge in [0.1, 0.15) is 5.75 Å². The molecule has 0 heterocycles. The first kappa shape index (κ1) is 11.9. The Kier molecular flexibility index (Phi) is 3.98. The van der Waals surface area contributed by atoms with Crippen molar-refractivity contribution in [2.45, 2.75) is 31.8 Å². The molecule has 2 rings (SSSR count). The second-order valence-electron chi connectivity index (χ2n) is 4.41. The first-order valence-electron chi connectivity index (χ1n) is 6.01. The Labute approximate surface area is 101 Å². The highest BCUT2D eigenvalue weighted by Gasteiger charge is 2.26. The van der Waals surface area contributed by atoms with E-state index in [2.05, 4.69) is 5.43 Å². The highest BCUT2D eigenvalue weighted by atomic mass is 16.5. The van der Waals surface area contributed by atoms with Crippen molar-refractivity contribution < 1.29 is 9.53 Å². The molecule has 0 aromatic heterocycles. The van der Waals surface area contributed by atoms with Crippen LogP contribution in [0.3, 0.4) is 0 Å². The maximum atomic E-state index is 11.4. The van der Waals surface area contributed by atoms with Crippen molar-refractivity contribution in [2.75, 3.05) is 0 Å². The van der Waals surface area contributed by atoms with E-state index in [4.69, 9.17) is 10.6 Å². The molecule has 0 bridgehead atoms. The van der Waals surface area contributed by atoms with E-state index in [1.807, 2.05) is 30.3 Å². The lowest BCUT2D eigenvalue weighted by Crippen LogP contribution is -2.38. The molecule has 3 N–H and O–H groups in total. The van der Waals surface area contributed by atoms with E-state index < -0.39 is 0 Å². The fourth-order valence-electron chi connectivity index (χ4n) is 2.25. The summed E-state index contributed by atoms with van der Waals surface area (Å²) >= 11 is 0. The molecule has 0 spiro atoms. The molecule has 1 aromatic rings. The van der Waals surface area contributed by atoms with Crippen LogP contribution in [0.1, 0.15) is 25.7 Å². The second-order valence-corrected chi connectivity index (χ2v) is 4.41. The fourth-order valence-corrected chi connectivity index (χ4v) is 2.25. The number of amides is 1. The quantitative estimate of drug-likeness (QED) is 0.474. The summed E-state index contributed by atoms with van der Waals surface area (Å²) in [6, 6.07) is 9.80. The van der Waals surface area contributed by atoms with Crippen LogP contribution >= 0.6 is 0 Å². The van der Waals surface area contributed by atoms with E-state index in [0.29, 0.717) is 0 Å². The van der Waals surface area contributed by atoms with Crippen LogP contribution in [0.5, 0.6) is 5.75 Å². The third-order valence-electron chi connectivity index (χ3n) is 3.23. The van der Waals surface area contributed by atoms with Gasteiger partial charge in [-0.15, -0.1) is 0 Å². The van der Waals surface area contributed by atoms with Crippen LogP contribution in [0.2, 0.25) is 0 Å². The number of carbonyl (C=O) groups is 1. The molecule has 92 valence electrons. The molecule has 1 aliphatic rings. The lowest BCUT2D eigenvalue weighted by atomic mass is 9.87. The van der Waals surface area contributed by atoms with Crippen LogP contribution in [0.15, 0.2) is 30.3 Å². The number of para-hydroxylation sites is 1. The van der Waals surface area contributed by atoms with E-state index in [9.17, 15) is 4.79 Å². The number of carbonyl (C=O) groups excluding carboxylic acids is 1. The van der Waals surface area contributed by atoms with Crippen molar-refractivity contribution >= 4 is 5.91 Å². The van der Waals surface area contributed by atoms with Gasteiger partial charge in [-0.05, 0) is 37.8 Å². The molecular weight excluding hydrogens is 216 g/mol. The Balaban J connectivity index is 1.82. The number of ether oxygens (including phenoxy) is 1. The van der Waals surface area contributed by atoms with E-state index in [1.165, 1.54) is 0 Å². The maximum Gasteiger partial charge on any atom is 0.236 e. The molecule has 1 amide bonds. The summed E-state index contributed by atoms with van der Waals surface area (Å²) in [7, 11) is 0. The molecular formula is C13H18N2O2. The monoisotopic (exact) mass is 234 g/mol. The van der Waals surface area contributed by atoms with Crippen LogP contribution in [0.4, 0.5) is 0 Å². The highest BCUT2D eigenvalue weighted by molar-refractivity contribution is 5.77. The van der Waals surface area contributed by atoms with Crippen molar-refractivity contribution in [3.63, 3.8) is 0 Å². The molecule has 0 unspecified atom stereocenters. The van der Waals surface area contributed by atoms with Crippen LogP contribution in [-0.2, 0) is 4.79 Å². The van der Waals surface area contributed by atoms with Crippen LogP contribution in [-0.4, -0.2) is 12.0 Å². The van der Waals surface area contributed by atoms with Crippen LogP contribution in [0, 0.1) is 5.92 Å². The van der Waals surface area contributed by atoms with E-state index in [1.54, 1.807) is 0 Å². The zero-order valence-corrected chi connectivity index (χ0v) is 9.76. The first-order valence-corrected chi connectivity index (χ1v) is 6.01. The smallest absolute Gasteiger partial charge is 0.236 e. The van der Waals surface area contributed by atoms with Gasteiger partial charge in [-0.25, -0.2) is 5.84 Å². The SMILES string of the molecule is NNC(=O)C1CCC(Oc2ccccc2)CC1. The van der Waals surface area contributed by atoms with Gasteiger partial charge in [-0.3, -0.25) is 10.2 Å². The van der Waals surface area contributed by atoms with Crippen molar-refractivity contribution in [2.24, 2.45) is 11.8 Å². The number of hydrogen-bond donors (Lipinski definition) is 2. The normalized spacial score (nSPS) is 24.1. The van der Waals surface area contributed by atoms with Crippen molar-refractivity contribution in [1.82, 2.24) is 5.43 Å². The summed E-state index contributed by atoms with van der Waals surface area (Å²) in [5.41, 5.74) is 2.22. The summed E-state index contributed by atoms with van der Waals surface area (Å²) in [5.74, 6) is 6.03. The maximum absolute atomic E-state index is 11.4. The Morgan fingerprint density at radius 2 is 1.82 bits per heavy atom. The number of hydrazine groups is 1. The Hall–Kier alpha value is -1.55. The van der Waals surface area contributed by atoms with E-state index >= 15 is 0 Å². The van der Waals surface area contributed by atoms with Gasteiger partial charge in [0.05, 0.1) is 6.10 Å². The lowest BCUT2D eigenvalue weighted by molar-refractivity contribution is -0.126. The molecule has 1 aromatic carbocycles. The topological polar surface area (TPSA) is 64.3 Å². The summed E-state index contributed by atoms with van der Waals surface area (Å²) in [5, 5.41) is 0. The van der Waals surface area contributed by atoms with Gasteiger partial charge in [0.2, 0.25) is 5.91 Å². The minimum absolute atomic E-state index is 0.0515. The molecule has 1 fully saturated rings. The summed E-state index contributed by atoms with van der Waals surface area (Å²) in [4.78, 5) is 11.4. The number of nitrogens with two attached hydrogens (primary N) is 1. The van der Waals surface area contributed by atoms with Crippen LogP contribution < -0.4 is 16.0 Å². The van der Waals surface area contributed by atoms with Crippen molar-refractivity contribution in [1.29, 1.82) is 0 Å². The van der Waals surface area contributed by atoms with Gasteiger partial charge in [-0.2, -0.15) is 0 Å². The number of rotatable bonds is 3. The summed E-state index contributed by atoms with van der Waals surface area (Å²) < 4.78 is 5.85. The van der Waals surface area contributed by atoms with E-state index in [0.717, 1.165) is 31.4 Å². The van der Waals surface area contributed by atoms with Gasteiger partial charge >= 0.3 is 0 Å². The minimum Gasteiger partial charge on any atom is -0.490 e. The van der Waals surface area contributed by atoms with Gasteiger partial charge in [0.25, 0.3) is 0 Å². The number of hydrogen-bond acceptors (Lipinski definition) is 3. The molecule has 4 heteroatoms. The Bertz CT molecular complexity index is 359. The minimum atomic E-state index is -0.0526. The zero-order valence-electron chi connectivity index (χ0n) is 9.76. The zero-order chi connectivity index (χ0) is 12.1. The summed E-state index contributed by atoms with van der Waals surface area (Å²) in [6.45, 7) is 0.